The van der Waals surface area contributed by atoms with Gasteiger partial charge in [0.15, 0.2) is 0 Å². The molecule has 0 amide bonds. The van der Waals surface area contributed by atoms with Crippen molar-refractivity contribution in [2.75, 3.05) is 18.0 Å². The number of anilines is 1. The third-order valence-electron chi connectivity index (χ3n) is 4.31. The van der Waals surface area contributed by atoms with Crippen molar-refractivity contribution < 1.29 is 9.90 Å². The maximum absolute atomic E-state index is 11.2. The maximum Gasteiger partial charge on any atom is 0.339 e. The van der Waals surface area contributed by atoms with Crippen molar-refractivity contribution in [3.63, 3.8) is 0 Å². The molecule has 2 heterocycles. The van der Waals surface area contributed by atoms with E-state index in [4.69, 9.17) is 0 Å². The van der Waals surface area contributed by atoms with Crippen LogP contribution in [0.15, 0.2) is 18.5 Å². The van der Waals surface area contributed by atoms with Crippen LogP contribution in [0.1, 0.15) is 43.5 Å². The summed E-state index contributed by atoms with van der Waals surface area (Å²) in [7, 11) is 0. The van der Waals surface area contributed by atoms with Gasteiger partial charge >= 0.3 is 5.97 Å². The van der Waals surface area contributed by atoms with E-state index in [0.29, 0.717) is 11.0 Å². The maximum atomic E-state index is 11.2. The molecule has 4 heteroatoms. The Labute approximate surface area is 108 Å². The largest absolute Gasteiger partial charge is 0.478 e. The summed E-state index contributed by atoms with van der Waals surface area (Å²) >= 11 is 0. The highest BCUT2D eigenvalue weighted by Crippen LogP contribution is 2.39. The van der Waals surface area contributed by atoms with E-state index in [9.17, 15) is 9.90 Å². The molecule has 18 heavy (non-hydrogen) atoms. The molecule has 0 radical (unpaired) electrons. The van der Waals surface area contributed by atoms with Crippen LogP contribution in [-0.4, -0.2) is 29.1 Å². The molecule has 2 rings (SSSR count). The molecule has 1 saturated heterocycles. The second-order valence-electron chi connectivity index (χ2n) is 5.08. The van der Waals surface area contributed by atoms with Crippen molar-refractivity contribution in [1.29, 1.82) is 0 Å². The lowest BCUT2D eigenvalue weighted by atomic mass is 9.82. The van der Waals surface area contributed by atoms with Crippen molar-refractivity contribution in [3.05, 3.63) is 24.0 Å². The highest BCUT2D eigenvalue weighted by atomic mass is 16.4. The average molecular weight is 248 g/mol. The highest BCUT2D eigenvalue weighted by molar-refractivity contribution is 5.94. The number of rotatable bonds is 4. The molecular weight excluding hydrogens is 228 g/mol. The second-order valence-corrected chi connectivity index (χ2v) is 5.08. The topological polar surface area (TPSA) is 53.4 Å². The molecule has 0 atom stereocenters. The molecule has 1 fully saturated rings. The minimum absolute atomic E-state index is 0.306. The number of aromatic nitrogens is 1. The van der Waals surface area contributed by atoms with Gasteiger partial charge in [0.05, 0.1) is 5.69 Å². The molecule has 1 aromatic heterocycles. The molecule has 1 aromatic rings. The summed E-state index contributed by atoms with van der Waals surface area (Å²) in [5.74, 6) is -0.899. The molecule has 0 aliphatic carbocycles. The first-order valence-corrected chi connectivity index (χ1v) is 6.54. The summed E-state index contributed by atoms with van der Waals surface area (Å²) in [5.41, 5.74) is 1.46. The number of pyridine rings is 1. The fourth-order valence-electron chi connectivity index (χ4n) is 2.80. The van der Waals surface area contributed by atoms with E-state index in [-0.39, 0.29) is 0 Å². The second kappa shape index (κ2) is 4.96. The Kier molecular flexibility index (Phi) is 3.55. The van der Waals surface area contributed by atoms with Crippen molar-refractivity contribution in [2.24, 2.45) is 5.41 Å². The number of hydrogen-bond donors (Lipinski definition) is 1. The van der Waals surface area contributed by atoms with Crippen LogP contribution >= 0.6 is 0 Å². The Bertz CT molecular complexity index is 441. The van der Waals surface area contributed by atoms with Crippen LogP contribution < -0.4 is 4.90 Å². The quantitative estimate of drug-likeness (QED) is 0.890. The van der Waals surface area contributed by atoms with Gasteiger partial charge in [-0.3, -0.25) is 4.98 Å². The first-order chi connectivity index (χ1) is 8.62. The van der Waals surface area contributed by atoms with E-state index in [2.05, 4.69) is 23.7 Å². The number of carboxylic acids is 1. The van der Waals surface area contributed by atoms with Crippen molar-refractivity contribution in [1.82, 2.24) is 4.98 Å². The van der Waals surface area contributed by atoms with E-state index in [1.807, 2.05) is 6.07 Å². The zero-order valence-electron chi connectivity index (χ0n) is 11.0. The fourth-order valence-corrected chi connectivity index (χ4v) is 2.80. The third-order valence-corrected chi connectivity index (χ3v) is 4.31. The highest BCUT2D eigenvalue weighted by Gasteiger charge is 2.36. The Morgan fingerprint density at radius 3 is 2.78 bits per heavy atom. The fraction of sp³-hybridized carbons (Fsp3) is 0.571. The average Bonchev–Trinajstić information content (AvgIpc) is 2.83. The van der Waals surface area contributed by atoms with Gasteiger partial charge in [-0.2, -0.15) is 0 Å². The summed E-state index contributed by atoms with van der Waals surface area (Å²) in [6.45, 7) is 6.32. The van der Waals surface area contributed by atoms with E-state index < -0.39 is 5.97 Å². The van der Waals surface area contributed by atoms with Crippen LogP contribution in [0.25, 0.3) is 0 Å². The standard InChI is InChI=1S/C14H20N2O2/c1-3-14(4-2)6-8-16(10-14)12-5-7-15-9-11(12)13(17)18/h5,7,9H,3-4,6,8,10H2,1-2H3,(H,17,18). The Morgan fingerprint density at radius 2 is 2.22 bits per heavy atom. The van der Waals surface area contributed by atoms with Gasteiger partial charge in [0.1, 0.15) is 5.56 Å². The number of carboxylic acid groups (broad SMARTS) is 1. The predicted octanol–water partition coefficient (Wildman–Crippen LogP) is 2.80. The lowest BCUT2D eigenvalue weighted by Crippen LogP contribution is -2.27. The molecule has 1 N–H and O–H groups in total. The van der Waals surface area contributed by atoms with Gasteiger partial charge in [-0.25, -0.2) is 4.79 Å². The first-order valence-electron chi connectivity index (χ1n) is 6.54. The molecule has 0 aromatic carbocycles. The summed E-state index contributed by atoms with van der Waals surface area (Å²) < 4.78 is 0. The van der Waals surface area contributed by atoms with Crippen LogP contribution in [-0.2, 0) is 0 Å². The summed E-state index contributed by atoms with van der Waals surface area (Å²) in [6, 6.07) is 1.81. The van der Waals surface area contributed by atoms with E-state index in [1.54, 1.807) is 6.20 Å². The van der Waals surface area contributed by atoms with Crippen LogP contribution in [0.3, 0.4) is 0 Å². The predicted molar refractivity (Wildman–Crippen MR) is 71.0 cm³/mol. The molecule has 0 unspecified atom stereocenters. The third kappa shape index (κ3) is 2.19. The van der Waals surface area contributed by atoms with Crippen molar-refractivity contribution in [2.45, 2.75) is 33.1 Å². The Balaban J connectivity index is 2.27. The SMILES string of the molecule is CCC1(CC)CCN(c2ccncc2C(=O)O)C1. The van der Waals surface area contributed by atoms with Crippen LogP contribution in [0.4, 0.5) is 5.69 Å². The number of nitrogens with zero attached hydrogens (tertiary/aromatic N) is 2. The normalized spacial score (nSPS) is 18.0. The Hall–Kier alpha value is -1.58. The minimum Gasteiger partial charge on any atom is -0.478 e. The monoisotopic (exact) mass is 248 g/mol. The molecule has 0 saturated carbocycles. The lowest BCUT2D eigenvalue weighted by Gasteiger charge is -2.27. The van der Waals surface area contributed by atoms with Crippen LogP contribution in [0.5, 0.6) is 0 Å². The number of carbonyl (C=O) groups is 1. The van der Waals surface area contributed by atoms with Gasteiger partial charge < -0.3 is 10.0 Å². The first kappa shape index (κ1) is 12.9. The van der Waals surface area contributed by atoms with Gasteiger partial charge in [0.2, 0.25) is 0 Å². The van der Waals surface area contributed by atoms with E-state index >= 15 is 0 Å². The zero-order valence-corrected chi connectivity index (χ0v) is 11.0. The van der Waals surface area contributed by atoms with Crippen molar-refractivity contribution in [3.8, 4) is 0 Å². The molecule has 1 aliphatic heterocycles. The smallest absolute Gasteiger partial charge is 0.339 e. The Morgan fingerprint density at radius 1 is 1.50 bits per heavy atom. The molecule has 1 aliphatic rings. The van der Waals surface area contributed by atoms with Gasteiger partial charge in [0, 0.05) is 25.5 Å². The van der Waals surface area contributed by atoms with Crippen LogP contribution in [0.2, 0.25) is 0 Å². The van der Waals surface area contributed by atoms with Gasteiger partial charge in [-0.15, -0.1) is 0 Å². The summed E-state index contributed by atoms with van der Waals surface area (Å²) in [4.78, 5) is 17.3. The number of hydrogen-bond acceptors (Lipinski definition) is 3. The minimum atomic E-state index is -0.899. The number of aromatic carboxylic acids is 1. The lowest BCUT2D eigenvalue weighted by molar-refractivity contribution is 0.0697. The molecule has 0 spiro atoms. The van der Waals surface area contributed by atoms with Gasteiger partial charge in [-0.05, 0) is 30.7 Å². The summed E-state index contributed by atoms with van der Waals surface area (Å²) in [5, 5.41) is 9.20. The molecule has 4 nitrogen and oxygen atoms in total. The van der Waals surface area contributed by atoms with Crippen LogP contribution in [0, 0.1) is 5.41 Å². The van der Waals surface area contributed by atoms with Gasteiger partial charge in [0.25, 0.3) is 0 Å². The molecule has 98 valence electrons. The van der Waals surface area contributed by atoms with Crippen molar-refractivity contribution >= 4 is 11.7 Å². The van der Waals surface area contributed by atoms with E-state index in [0.717, 1.165) is 38.0 Å². The van der Waals surface area contributed by atoms with Gasteiger partial charge in [-0.1, -0.05) is 13.8 Å². The molecular formula is C14H20N2O2. The molecule has 0 bridgehead atoms. The zero-order chi connectivity index (χ0) is 13.2. The van der Waals surface area contributed by atoms with E-state index in [1.165, 1.54) is 6.20 Å². The summed E-state index contributed by atoms with van der Waals surface area (Å²) in [6.07, 6.45) is 6.54.